The first-order chi connectivity index (χ1) is 3.81. The Morgan fingerprint density at radius 2 is 2.12 bits per heavy atom. The third-order valence-corrected chi connectivity index (χ3v) is 0.967. The van der Waals surface area contributed by atoms with Crippen molar-refractivity contribution in [3.05, 3.63) is 5.21 Å². The molecule has 1 atom stereocenters. The molecule has 8 heavy (non-hydrogen) atoms. The maximum absolute atomic E-state index is 10.5. The molecular weight excluding hydrogens is 104 g/mol. The minimum absolute atomic E-state index is 0.284. The number of hydroxylamine groups is 2. The van der Waals surface area contributed by atoms with E-state index in [0.29, 0.717) is 13.2 Å². The SMILES string of the molecule is CCNC[NH+]([O-])CC. The lowest BCUT2D eigenvalue weighted by molar-refractivity contribution is -0.849. The van der Waals surface area contributed by atoms with Gasteiger partial charge in [0, 0.05) is 0 Å². The van der Waals surface area contributed by atoms with E-state index in [1.54, 1.807) is 0 Å². The minimum Gasteiger partial charge on any atom is -0.633 e. The van der Waals surface area contributed by atoms with Crippen molar-refractivity contribution in [1.29, 1.82) is 0 Å². The van der Waals surface area contributed by atoms with Gasteiger partial charge in [-0.3, -0.25) is 5.32 Å². The average Bonchev–Trinajstić information content (AvgIpc) is 1.83. The molecule has 0 saturated carbocycles. The summed E-state index contributed by atoms with van der Waals surface area (Å²) in [5.74, 6) is 0. The van der Waals surface area contributed by atoms with E-state index in [0.717, 1.165) is 6.54 Å². The van der Waals surface area contributed by atoms with Crippen LogP contribution in [0.3, 0.4) is 0 Å². The van der Waals surface area contributed by atoms with Crippen molar-refractivity contribution in [1.82, 2.24) is 5.32 Å². The van der Waals surface area contributed by atoms with Crippen molar-refractivity contribution in [3.63, 3.8) is 0 Å². The Morgan fingerprint density at radius 1 is 1.50 bits per heavy atom. The van der Waals surface area contributed by atoms with Crippen LogP contribution in [0.5, 0.6) is 0 Å². The number of quaternary nitrogens is 1. The summed E-state index contributed by atoms with van der Waals surface area (Å²) in [5, 5.41) is 13.7. The molecule has 0 aliphatic rings. The van der Waals surface area contributed by atoms with Gasteiger partial charge in [0.2, 0.25) is 0 Å². The van der Waals surface area contributed by atoms with E-state index in [1.165, 1.54) is 0 Å². The molecule has 1 unspecified atom stereocenters. The van der Waals surface area contributed by atoms with Crippen molar-refractivity contribution < 1.29 is 5.06 Å². The molecule has 0 aromatic rings. The monoisotopic (exact) mass is 118 g/mol. The highest BCUT2D eigenvalue weighted by Gasteiger charge is 1.86. The number of rotatable bonds is 4. The van der Waals surface area contributed by atoms with E-state index in [1.807, 2.05) is 13.8 Å². The molecule has 3 nitrogen and oxygen atoms in total. The molecule has 0 radical (unpaired) electrons. The predicted octanol–water partition coefficient (Wildman–Crippen LogP) is -1.04. The first-order valence-corrected chi connectivity index (χ1v) is 3.03. The molecule has 0 fully saturated rings. The largest absolute Gasteiger partial charge is 0.633 e. The first kappa shape index (κ1) is 7.88. The molecule has 0 aromatic carbocycles. The van der Waals surface area contributed by atoms with Crippen LogP contribution < -0.4 is 10.4 Å². The third-order valence-electron chi connectivity index (χ3n) is 0.967. The lowest BCUT2D eigenvalue weighted by Gasteiger charge is -2.19. The lowest BCUT2D eigenvalue weighted by Crippen LogP contribution is -3.08. The Hall–Kier alpha value is -0.120. The Labute approximate surface area is 50.3 Å². The molecule has 0 saturated heterocycles. The van der Waals surface area contributed by atoms with Crippen molar-refractivity contribution in [2.24, 2.45) is 0 Å². The number of hydrogen-bond acceptors (Lipinski definition) is 2. The fraction of sp³-hybridized carbons (Fsp3) is 1.00. The Kier molecular flexibility index (Phi) is 4.95. The molecule has 0 bridgehead atoms. The fourth-order valence-corrected chi connectivity index (χ4v) is 0.389. The van der Waals surface area contributed by atoms with Gasteiger partial charge in [-0.05, 0) is 13.5 Å². The van der Waals surface area contributed by atoms with E-state index in [-0.39, 0.29) is 5.06 Å². The van der Waals surface area contributed by atoms with E-state index in [9.17, 15) is 5.21 Å². The van der Waals surface area contributed by atoms with Crippen LogP contribution in [-0.4, -0.2) is 19.8 Å². The van der Waals surface area contributed by atoms with Crippen LogP contribution >= 0.6 is 0 Å². The molecule has 0 rings (SSSR count). The summed E-state index contributed by atoms with van der Waals surface area (Å²) in [7, 11) is 0. The third kappa shape index (κ3) is 4.05. The van der Waals surface area contributed by atoms with Crippen LogP contribution in [0.2, 0.25) is 0 Å². The van der Waals surface area contributed by atoms with E-state index >= 15 is 0 Å². The summed E-state index contributed by atoms with van der Waals surface area (Å²) in [6, 6.07) is 0. The van der Waals surface area contributed by atoms with Crippen molar-refractivity contribution >= 4 is 0 Å². The highest BCUT2D eigenvalue weighted by molar-refractivity contribution is 4.25. The minimum atomic E-state index is 0.284. The second kappa shape index (κ2) is 5.03. The van der Waals surface area contributed by atoms with Gasteiger partial charge in [0.1, 0.15) is 6.67 Å². The normalized spacial score (nSPS) is 13.9. The standard InChI is InChI=1S/C5H14N2O/c1-3-6-5-7(8)4-2/h6-7H,3-5H2,1-2H3. The first-order valence-electron chi connectivity index (χ1n) is 3.03. The van der Waals surface area contributed by atoms with Gasteiger partial charge in [-0.1, -0.05) is 6.92 Å². The second-order valence-corrected chi connectivity index (χ2v) is 1.67. The summed E-state index contributed by atoms with van der Waals surface area (Å²) >= 11 is 0. The average molecular weight is 118 g/mol. The summed E-state index contributed by atoms with van der Waals surface area (Å²) in [6.07, 6.45) is 0. The van der Waals surface area contributed by atoms with Crippen LogP contribution in [-0.2, 0) is 0 Å². The molecule has 3 heteroatoms. The maximum Gasteiger partial charge on any atom is 0.130 e. The summed E-state index contributed by atoms with van der Waals surface area (Å²) in [6.45, 7) is 5.92. The number of hydrogen-bond donors (Lipinski definition) is 2. The summed E-state index contributed by atoms with van der Waals surface area (Å²) < 4.78 is 0. The molecule has 0 heterocycles. The van der Waals surface area contributed by atoms with Gasteiger partial charge >= 0.3 is 0 Å². The zero-order valence-corrected chi connectivity index (χ0v) is 5.53. The molecule has 0 aromatic heterocycles. The molecule has 0 amide bonds. The maximum atomic E-state index is 10.5. The smallest absolute Gasteiger partial charge is 0.130 e. The molecule has 2 N–H and O–H groups in total. The van der Waals surface area contributed by atoms with E-state index in [2.05, 4.69) is 5.32 Å². The predicted molar refractivity (Wildman–Crippen MR) is 33.4 cm³/mol. The Bertz CT molecular complexity index is 49.7. The zero-order chi connectivity index (χ0) is 6.41. The van der Waals surface area contributed by atoms with Crippen LogP contribution in [0.1, 0.15) is 13.8 Å². The van der Waals surface area contributed by atoms with Crippen molar-refractivity contribution in [3.8, 4) is 0 Å². The second-order valence-electron chi connectivity index (χ2n) is 1.67. The molecule has 50 valence electrons. The summed E-state index contributed by atoms with van der Waals surface area (Å²) in [5.41, 5.74) is 0. The fourth-order valence-electron chi connectivity index (χ4n) is 0.389. The van der Waals surface area contributed by atoms with Gasteiger partial charge < -0.3 is 10.3 Å². The molecule has 0 spiro atoms. The molecule has 0 aliphatic heterocycles. The van der Waals surface area contributed by atoms with E-state index in [4.69, 9.17) is 0 Å². The zero-order valence-electron chi connectivity index (χ0n) is 5.53. The Balaban J connectivity index is 2.86. The van der Waals surface area contributed by atoms with Crippen LogP contribution in [0.15, 0.2) is 0 Å². The van der Waals surface area contributed by atoms with Crippen molar-refractivity contribution in [2.75, 3.05) is 19.8 Å². The van der Waals surface area contributed by atoms with Gasteiger partial charge in [-0.2, -0.15) is 0 Å². The van der Waals surface area contributed by atoms with Gasteiger partial charge in [0.15, 0.2) is 0 Å². The van der Waals surface area contributed by atoms with Crippen LogP contribution in [0, 0.1) is 5.21 Å². The van der Waals surface area contributed by atoms with Gasteiger partial charge in [0.25, 0.3) is 0 Å². The van der Waals surface area contributed by atoms with Crippen LogP contribution in [0.25, 0.3) is 0 Å². The lowest BCUT2D eigenvalue weighted by atomic mass is 10.7. The van der Waals surface area contributed by atoms with Crippen molar-refractivity contribution in [2.45, 2.75) is 13.8 Å². The topological polar surface area (TPSA) is 39.5 Å². The van der Waals surface area contributed by atoms with Gasteiger partial charge in [-0.25, -0.2) is 0 Å². The summed E-state index contributed by atoms with van der Waals surface area (Å²) in [4.78, 5) is 0. The highest BCUT2D eigenvalue weighted by Crippen LogP contribution is 1.45. The van der Waals surface area contributed by atoms with Crippen LogP contribution in [0.4, 0.5) is 0 Å². The molecule has 0 aliphatic carbocycles. The number of nitrogens with one attached hydrogen (secondary N) is 2. The Morgan fingerprint density at radius 3 is 2.50 bits per heavy atom. The quantitative estimate of drug-likeness (QED) is 0.365. The highest BCUT2D eigenvalue weighted by atomic mass is 16.5. The van der Waals surface area contributed by atoms with Gasteiger partial charge in [-0.15, -0.1) is 0 Å². The van der Waals surface area contributed by atoms with E-state index < -0.39 is 0 Å². The van der Waals surface area contributed by atoms with Gasteiger partial charge in [0.05, 0.1) is 6.54 Å². The molecular formula is C5H14N2O.